The maximum atomic E-state index is 11.9. The van der Waals surface area contributed by atoms with E-state index in [0.717, 1.165) is 0 Å². The van der Waals surface area contributed by atoms with Crippen molar-refractivity contribution in [1.82, 2.24) is 5.32 Å². The number of ether oxygens (including phenoxy) is 2. The molecule has 1 atom stereocenters. The third-order valence-corrected chi connectivity index (χ3v) is 2.66. The van der Waals surface area contributed by atoms with Gasteiger partial charge in [0.1, 0.15) is 5.75 Å². The summed E-state index contributed by atoms with van der Waals surface area (Å²) in [4.78, 5) is 33.8. The Kier molecular flexibility index (Phi) is 6.68. The number of nitrogens with two attached hydrogens (primary N) is 1. The van der Waals surface area contributed by atoms with Crippen LogP contribution in [0.3, 0.4) is 0 Å². The molecule has 1 aromatic carbocycles. The highest BCUT2D eigenvalue weighted by atomic mass is 16.5. The minimum Gasteiger partial charge on any atom is -0.497 e. The van der Waals surface area contributed by atoms with Gasteiger partial charge < -0.3 is 25.8 Å². The molecule has 8 heteroatoms. The molecule has 0 spiro atoms. The molecule has 120 valence electrons. The smallest absolute Gasteiger partial charge is 0.312 e. The van der Waals surface area contributed by atoms with Gasteiger partial charge in [-0.05, 0) is 31.2 Å². The van der Waals surface area contributed by atoms with Gasteiger partial charge in [-0.2, -0.15) is 0 Å². The lowest BCUT2D eigenvalue weighted by Crippen LogP contribution is -2.33. The predicted octanol–water partition coefficient (Wildman–Crippen LogP) is 0.624. The predicted molar refractivity (Wildman–Crippen MR) is 79.4 cm³/mol. The molecule has 0 bridgehead atoms. The van der Waals surface area contributed by atoms with E-state index in [2.05, 4.69) is 10.6 Å². The van der Waals surface area contributed by atoms with Gasteiger partial charge in [0, 0.05) is 12.2 Å². The highest BCUT2D eigenvalue weighted by Gasteiger charge is 2.17. The van der Waals surface area contributed by atoms with Crippen molar-refractivity contribution in [2.45, 2.75) is 19.4 Å². The van der Waals surface area contributed by atoms with E-state index in [0.29, 0.717) is 11.4 Å². The quantitative estimate of drug-likeness (QED) is 0.638. The molecule has 1 rings (SSSR count). The Bertz CT molecular complexity index is 530. The van der Waals surface area contributed by atoms with Gasteiger partial charge in [0.05, 0.1) is 13.5 Å². The van der Waals surface area contributed by atoms with Crippen LogP contribution in [0.15, 0.2) is 24.3 Å². The van der Waals surface area contributed by atoms with E-state index in [1.165, 1.54) is 6.92 Å². The molecule has 0 saturated carbocycles. The van der Waals surface area contributed by atoms with Crippen LogP contribution in [0.4, 0.5) is 10.5 Å². The maximum absolute atomic E-state index is 11.9. The molecular weight excluding hydrogens is 290 g/mol. The minimum absolute atomic E-state index is 0.0565. The van der Waals surface area contributed by atoms with Crippen molar-refractivity contribution in [1.29, 1.82) is 0 Å². The summed E-state index contributed by atoms with van der Waals surface area (Å²) in [5.74, 6) is -0.396. The van der Waals surface area contributed by atoms with E-state index in [4.69, 9.17) is 15.2 Å². The lowest BCUT2D eigenvalue weighted by Gasteiger charge is -2.13. The Hall–Kier alpha value is -2.77. The highest BCUT2D eigenvalue weighted by Crippen LogP contribution is 2.15. The Morgan fingerprint density at radius 3 is 2.41 bits per heavy atom. The molecule has 0 aliphatic heterocycles. The first-order chi connectivity index (χ1) is 10.4. The van der Waals surface area contributed by atoms with Gasteiger partial charge in [0.15, 0.2) is 6.10 Å². The molecule has 1 aromatic rings. The van der Waals surface area contributed by atoms with E-state index < -0.39 is 24.0 Å². The van der Waals surface area contributed by atoms with E-state index in [-0.39, 0.29) is 13.0 Å². The zero-order valence-corrected chi connectivity index (χ0v) is 12.4. The Labute approximate surface area is 128 Å². The highest BCUT2D eigenvalue weighted by molar-refractivity contribution is 5.95. The Morgan fingerprint density at radius 2 is 1.86 bits per heavy atom. The number of hydrogen-bond donors (Lipinski definition) is 3. The van der Waals surface area contributed by atoms with Crippen LogP contribution in [0.1, 0.15) is 13.3 Å². The molecule has 3 amide bonds. The number of esters is 1. The summed E-state index contributed by atoms with van der Waals surface area (Å²) in [6, 6.07) is 6.01. The molecular formula is C14H19N3O5. The lowest BCUT2D eigenvalue weighted by atomic mass is 10.3. The summed E-state index contributed by atoms with van der Waals surface area (Å²) >= 11 is 0. The number of rotatable bonds is 7. The fourth-order valence-electron chi connectivity index (χ4n) is 1.52. The Balaban J connectivity index is 2.40. The van der Waals surface area contributed by atoms with Gasteiger partial charge in [-0.15, -0.1) is 0 Å². The van der Waals surface area contributed by atoms with Crippen LogP contribution in [-0.4, -0.2) is 37.7 Å². The van der Waals surface area contributed by atoms with Gasteiger partial charge in [-0.25, -0.2) is 4.79 Å². The van der Waals surface area contributed by atoms with Crippen LogP contribution in [0, 0.1) is 0 Å². The van der Waals surface area contributed by atoms with Crippen molar-refractivity contribution in [3.63, 3.8) is 0 Å². The molecule has 0 fully saturated rings. The summed E-state index contributed by atoms with van der Waals surface area (Å²) in [6.45, 7) is 1.51. The van der Waals surface area contributed by atoms with Crippen molar-refractivity contribution in [2.24, 2.45) is 5.73 Å². The average Bonchev–Trinajstić information content (AvgIpc) is 2.47. The summed E-state index contributed by atoms with van der Waals surface area (Å²) in [5, 5.41) is 4.87. The topological polar surface area (TPSA) is 120 Å². The average molecular weight is 309 g/mol. The minimum atomic E-state index is -0.955. The van der Waals surface area contributed by atoms with E-state index in [1.54, 1.807) is 31.4 Å². The van der Waals surface area contributed by atoms with Crippen LogP contribution >= 0.6 is 0 Å². The molecule has 0 aliphatic carbocycles. The third kappa shape index (κ3) is 6.12. The molecule has 0 aliphatic rings. The molecule has 0 radical (unpaired) electrons. The van der Waals surface area contributed by atoms with E-state index >= 15 is 0 Å². The van der Waals surface area contributed by atoms with Crippen molar-refractivity contribution < 1.29 is 23.9 Å². The molecule has 4 N–H and O–H groups in total. The second-order valence-corrected chi connectivity index (χ2v) is 4.39. The number of carbonyl (C=O) groups excluding carboxylic acids is 3. The molecule has 0 saturated heterocycles. The standard InChI is InChI=1S/C14H19N3O5/c1-9(22-12(18)7-8-16-14(15)20)13(19)17-10-3-5-11(21-2)6-4-10/h3-6,9H,7-8H2,1-2H3,(H,17,19)(H3,15,16,20)/t9-/m1/s1. The van der Waals surface area contributed by atoms with Crippen molar-refractivity contribution in [2.75, 3.05) is 19.0 Å². The fraction of sp³-hybridized carbons (Fsp3) is 0.357. The number of nitrogens with one attached hydrogen (secondary N) is 2. The number of carbonyl (C=O) groups is 3. The van der Waals surface area contributed by atoms with Gasteiger partial charge in [-0.1, -0.05) is 0 Å². The Morgan fingerprint density at radius 1 is 1.23 bits per heavy atom. The van der Waals surface area contributed by atoms with Crippen molar-refractivity contribution >= 4 is 23.6 Å². The zero-order chi connectivity index (χ0) is 16.5. The first-order valence-corrected chi connectivity index (χ1v) is 6.60. The maximum Gasteiger partial charge on any atom is 0.312 e. The third-order valence-electron chi connectivity index (χ3n) is 2.66. The molecule has 22 heavy (non-hydrogen) atoms. The summed E-state index contributed by atoms with van der Waals surface area (Å²) in [5.41, 5.74) is 5.42. The van der Waals surface area contributed by atoms with Gasteiger partial charge >= 0.3 is 12.0 Å². The van der Waals surface area contributed by atoms with E-state index in [1.807, 2.05) is 0 Å². The van der Waals surface area contributed by atoms with Crippen LogP contribution < -0.4 is 21.1 Å². The summed E-state index contributed by atoms with van der Waals surface area (Å²) in [7, 11) is 1.54. The van der Waals surface area contributed by atoms with Crippen molar-refractivity contribution in [3.05, 3.63) is 24.3 Å². The summed E-state index contributed by atoms with van der Waals surface area (Å²) < 4.78 is 9.95. The van der Waals surface area contributed by atoms with Crippen molar-refractivity contribution in [3.8, 4) is 5.75 Å². The number of primary amides is 1. The van der Waals surface area contributed by atoms with Gasteiger partial charge in [0.25, 0.3) is 5.91 Å². The first kappa shape index (κ1) is 17.3. The monoisotopic (exact) mass is 309 g/mol. The molecule has 8 nitrogen and oxygen atoms in total. The van der Waals surface area contributed by atoms with Crippen LogP contribution in [0.25, 0.3) is 0 Å². The number of urea groups is 1. The molecule has 0 unspecified atom stereocenters. The second-order valence-electron chi connectivity index (χ2n) is 4.39. The van der Waals surface area contributed by atoms with Crippen LogP contribution in [-0.2, 0) is 14.3 Å². The van der Waals surface area contributed by atoms with Gasteiger partial charge in [-0.3, -0.25) is 9.59 Å². The number of hydrogen-bond acceptors (Lipinski definition) is 5. The van der Waals surface area contributed by atoms with Crippen LogP contribution in [0.2, 0.25) is 0 Å². The number of benzene rings is 1. The number of amides is 3. The lowest BCUT2D eigenvalue weighted by molar-refractivity contribution is -0.153. The van der Waals surface area contributed by atoms with E-state index in [9.17, 15) is 14.4 Å². The van der Waals surface area contributed by atoms with Crippen LogP contribution in [0.5, 0.6) is 5.75 Å². The largest absolute Gasteiger partial charge is 0.497 e. The van der Waals surface area contributed by atoms with Gasteiger partial charge in [0.2, 0.25) is 0 Å². The number of anilines is 1. The zero-order valence-electron chi connectivity index (χ0n) is 12.4. The number of methoxy groups -OCH3 is 1. The molecule has 0 heterocycles. The second kappa shape index (κ2) is 8.50. The first-order valence-electron chi connectivity index (χ1n) is 6.60. The SMILES string of the molecule is COc1ccc(NC(=O)[C@@H](C)OC(=O)CCNC(N)=O)cc1. The normalized spacial score (nSPS) is 11.2. The fourth-order valence-corrected chi connectivity index (χ4v) is 1.52. The summed E-state index contributed by atoms with van der Waals surface area (Å²) in [6.07, 6.45) is -1.02. The molecule has 0 aromatic heterocycles.